The maximum Gasteiger partial charge on any atom is 0.158 e. The predicted octanol–water partition coefficient (Wildman–Crippen LogP) is 2.98. The van der Waals surface area contributed by atoms with Crippen molar-refractivity contribution in [2.45, 2.75) is 13.8 Å². The highest BCUT2D eigenvalue weighted by atomic mass is 14.9. The van der Waals surface area contributed by atoms with E-state index in [9.17, 15) is 0 Å². The molecule has 0 saturated heterocycles. The second-order valence-electron chi connectivity index (χ2n) is 2.96. The fraction of sp³-hybridized carbons (Fsp3) is 0.167. The Kier molecular flexibility index (Phi) is 3.80. The van der Waals surface area contributed by atoms with Crippen LogP contribution >= 0.6 is 0 Å². The van der Waals surface area contributed by atoms with Crippen molar-refractivity contribution in [1.82, 2.24) is 0 Å². The molecule has 0 saturated carbocycles. The molecular formula is C12H14N2. The maximum absolute atomic E-state index is 4.17. The van der Waals surface area contributed by atoms with Crippen molar-refractivity contribution in [2.24, 2.45) is 9.98 Å². The Bertz CT molecular complexity index is 358. The number of aliphatic imine (C=N–C) groups is 2. The quantitative estimate of drug-likeness (QED) is 0.501. The molecule has 0 bridgehead atoms. The average Bonchev–Trinajstić information content (AvgIpc) is 2.21. The summed E-state index contributed by atoms with van der Waals surface area (Å²) in [5.41, 5.74) is 2.21. The molecule has 1 rings (SSSR count). The van der Waals surface area contributed by atoms with Gasteiger partial charge in [-0.3, -0.25) is 0 Å². The van der Waals surface area contributed by atoms with Crippen molar-refractivity contribution in [3.05, 3.63) is 47.7 Å². The molecule has 1 aromatic rings. The summed E-state index contributed by atoms with van der Waals surface area (Å²) in [6.07, 6.45) is 3.57. The highest BCUT2D eigenvalue weighted by molar-refractivity contribution is 6.01. The summed E-state index contributed by atoms with van der Waals surface area (Å²) in [6, 6.07) is 8.05. The van der Waals surface area contributed by atoms with Crippen molar-refractivity contribution in [3.63, 3.8) is 0 Å². The molecule has 72 valence electrons. The third-order valence-electron chi connectivity index (χ3n) is 1.81. The van der Waals surface area contributed by atoms with Gasteiger partial charge >= 0.3 is 0 Å². The molecule has 0 unspecified atom stereocenters. The van der Waals surface area contributed by atoms with Gasteiger partial charge in [0, 0.05) is 11.8 Å². The van der Waals surface area contributed by atoms with E-state index in [2.05, 4.69) is 16.7 Å². The standard InChI is InChI=1S/C12H14N2/c1-4-9-14-12(13-3)11-7-5-10(2)6-8-11/h4-9H,3H2,1-2H3/b9-4-,14-12?. The Morgan fingerprint density at radius 1 is 1.29 bits per heavy atom. The molecule has 0 fully saturated rings. The van der Waals surface area contributed by atoms with E-state index in [4.69, 9.17) is 0 Å². The lowest BCUT2D eigenvalue weighted by atomic mass is 10.1. The maximum atomic E-state index is 4.17. The molecule has 2 heteroatoms. The van der Waals surface area contributed by atoms with Gasteiger partial charge in [0.05, 0.1) is 0 Å². The van der Waals surface area contributed by atoms with E-state index in [1.165, 1.54) is 5.56 Å². The number of hydrogen-bond donors (Lipinski definition) is 0. The molecule has 1 aromatic carbocycles. The Balaban J connectivity index is 3.01. The number of hydrogen-bond acceptors (Lipinski definition) is 1. The number of rotatable bonds is 2. The third kappa shape index (κ3) is 2.66. The SMILES string of the molecule is C=NC(=N/C=C\C)c1ccc(C)cc1. The van der Waals surface area contributed by atoms with Crippen LogP contribution in [0.2, 0.25) is 0 Å². The second kappa shape index (κ2) is 5.12. The van der Waals surface area contributed by atoms with Crippen LogP contribution < -0.4 is 0 Å². The number of amidine groups is 1. The Morgan fingerprint density at radius 3 is 2.43 bits per heavy atom. The van der Waals surface area contributed by atoms with Gasteiger partial charge in [0.15, 0.2) is 5.84 Å². The second-order valence-corrected chi connectivity index (χ2v) is 2.96. The van der Waals surface area contributed by atoms with Crippen molar-refractivity contribution >= 4 is 12.6 Å². The zero-order chi connectivity index (χ0) is 10.4. The first-order valence-corrected chi connectivity index (χ1v) is 4.50. The summed E-state index contributed by atoms with van der Waals surface area (Å²) in [4.78, 5) is 8.04. The van der Waals surface area contributed by atoms with E-state index in [0.29, 0.717) is 5.84 Å². The van der Waals surface area contributed by atoms with Gasteiger partial charge in [0.25, 0.3) is 0 Å². The minimum absolute atomic E-state index is 0.656. The number of nitrogens with zero attached hydrogens (tertiary/aromatic N) is 2. The summed E-state index contributed by atoms with van der Waals surface area (Å²) in [5.74, 6) is 0.656. The number of aryl methyl sites for hydroxylation is 1. The Labute approximate surface area is 84.7 Å². The van der Waals surface area contributed by atoms with E-state index in [0.717, 1.165) is 5.56 Å². The van der Waals surface area contributed by atoms with E-state index >= 15 is 0 Å². The van der Waals surface area contributed by atoms with Crippen molar-refractivity contribution in [3.8, 4) is 0 Å². The number of allylic oxidation sites excluding steroid dienone is 1. The Morgan fingerprint density at radius 2 is 1.93 bits per heavy atom. The van der Waals surface area contributed by atoms with Crippen LogP contribution in [0.5, 0.6) is 0 Å². The van der Waals surface area contributed by atoms with Gasteiger partial charge in [0.1, 0.15) is 0 Å². The molecule has 0 aliphatic carbocycles. The predicted molar refractivity (Wildman–Crippen MR) is 62.1 cm³/mol. The molecule has 14 heavy (non-hydrogen) atoms. The zero-order valence-corrected chi connectivity index (χ0v) is 8.57. The lowest BCUT2D eigenvalue weighted by molar-refractivity contribution is 1.42. The van der Waals surface area contributed by atoms with Crippen LogP contribution in [0.25, 0.3) is 0 Å². The van der Waals surface area contributed by atoms with E-state index in [1.54, 1.807) is 6.20 Å². The fourth-order valence-corrected chi connectivity index (χ4v) is 1.05. The minimum Gasteiger partial charge on any atom is -0.245 e. The van der Waals surface area contributed by atoms with Crippen LogP contribution in [0.1, 0.15) is 18.1 Å². The molecule has 0 spiro atoms. The summed E-state index contributed by atoms with van der Waals surface area (Å²) in [6.45, 7) is 7.46. The first-order valence-electron chi connectivity index (χ1n) is 4.50. The van der Waals surface area contributed by atoms with Gasteiger partial charge in [-0.05, 0) is 20.6 Å². The van der Waals surface area contributed by atoms with Crippen molar-refractivity contribution < 1.29 is 0 Å². The molecule has 0 heterocycles. The monoisotopic (exact) mass is 186 g/mol. The van der Waals surface area contributed by atoms with Crippen LogP contribution in [-0.2, 0) is 0 Å². The molecule has 0 N–H and O–H groups in total. The van der Waals surface area contributed by atoms with Gasteiger partial charge in [-0.2, -0.15) is 0 Å². The summed E-state index contributed by atoms with van der Waals surface area (Å²) in [7, 11) is 0. The van der Waals surface area contributed by atoms with Crippen LogP contribution in [0, 0.1) is 6.92 Å². The van der Waals surface area contributed by atoms with Gasteiger partial charge in [-0.1, -0.05) is 35.9 Å². The van der Waals surface area contributed by atoms with E-state index in [-0.39, 0.29) is 0 Å². The van der Waals surface area contributed by atoms with E-state index < -0.39 is 0 Å². The molecule has 0 aromatic heterocycles. The molecule has 0 aliphatic rings. The molecule has 0 radical (unpaired) electrons. The van der Waals surface area contributed by atoms with Crippen molar-refractivity contribution in [2.75, 3.05) is 0 Å². The van der Waals surface area contributed by atoms with Crippen LogP contribution in [0.4, 0.5) is 0 Å². The smallest absolute Gasteiger partial charge is 0.158 e. The van der Waals surface area contributed by atoms with Gasteiger partial charge in [-0.25, -0.2) is 9.98 Å². The topological polar surface area (TPSA) is 24.7 Å². The number of benzene rings is 1. The molecule has 2 nitrogen and oxygen atoms in total. The summed E-state index contributed by atoms with van der Waals surface area (Å²) >= 11 is 0. The largest absolute Gasteiger partial charge is 0.245 e. The van der Waals surface area contributed by atoms with Gasteiger partial charge in [0.2, 0.25) is 0 Å². The van der Waals surface area contributed by atoms with Crippen molar-refractivity contribution in [1.29, 1.82) is 0 Å². The Hall–Kier alpha value is -1.70. The summed E-state index contributed by atoms with van der Waals surface area (Å²) in [5, 5.41) is 0. The normalized spacial score (nSPS) is 12.0. The van der Waals surface area contributed by atoms with E-state index in [1.807, 2.05) is 44.2 Å². The minimum atomic E-state index is 0.656. The summed E-state index contributed by atoms with van der Waals surface area (Å²) < 4.78 is 0. The fourth-order valence-electron chi connectivity index (χ4n) is 1.05. The van der Waals surface area contributed by atoms with Gasteiger partial charge < -0.3 is 0 Å². The molecular weight excluding hydrogens is 172 g/mol. The van der Waals surface area contributed by atoms with Crippen LogP contribution in [0.15, 0.2) is 46.5 Å². The highest BCUT2D eigenvalue weighted by Crippen LogP contribution is 2.05. The highest BCUT2D eigenvalue weighted by Gasteiger charge is 1.97. The van der Waals surface area contributed by atoms with Crippen LogP contribution in [0.3, 0.4) is 0 Å². The lowest BCUT2D eigenvalue weighted by Gasteiger charge is -1.99. The zero-order valence-electron chi connectivity index (χ0n) is 8.57. The molecule has 0 atom stereocenters. The third-order valence-corrected chi connectivity index (χ3v) is 1.81. The first kappa shape index (κ1) is 10.4. The van der Waals surface area contributed by atoms with Gasteiger partial charge in [-0.15, -0.1) is 0 Å². The molecule has 0 amide bonds. The van der Waals surface area contributed by atoms with Crippen LogP contribution in [-0.4, -0.2) is 12.6 Å². The lowest BCUT2D eigenvalue weighted by Crippen LogP contribution is -1.95. The molecule has 0 aliphatic heterocycles. The average molecular weight is 186 g/mol. The first-order chi connectivity index (χ1) is 6.77.